The van der Waals surface area contributed by atoms with Gasteiger partial charge in [-0.2, -0.15) is 0 Å². The average molecular weight is 386 g/mol. The topological polar surface area (TPSA) is 112 Å². The minimum absolute atomic E-state index is 0.0777. The number of amides is 2. The van der Waals surface area contributed by atoms with E-state index in [2.05, 4.69) is 20.6 Å². The lowest BCUT2D eigenvalue weighted by atomic mass is 10.1. The van der Waals surface area contributed by atoms with Crippen molar-refractivity contribution in [3.63, 3.8) is 0 Å². The standard InChI is InChI=1S/C17H14N4O5S/c1-2-24-15(22)10-5-9-6-12-13(26-8-25-12)7-11(9)19-14(10)20-16(23)21-17-18-3-4-27-17/h3-7H,2,8H2,1H3,(H2,18,19,20,21,23). The molecule has 9 nitrogen and oxygen atoms in total. The number of benzene rings is 1. The van der Waals surface area contributed by atoms with Crippen LogP contribution < -0.4 is 20.1 Å². The van der Waals surface area contributed by atoms with Gasteiger partial charge in [-0.15, -0.1) is 11.3 Å². The molecule has 2 amide bonds. The molecule has 0 unspecified atom stereocenters. The van der Waals surface area contributed by atoms with Gasteiger partial charge >= 0.3 is 12.0 Å². The molecule has 0 fully saturated rings. The van der Waals surface area contributed by atoms with Gasteiger partial charge in [-0.05, 0) is 19.1 Å². The maximum Gasteiger partial charge on any atom is 0.341 e. The number of urea groups is 1. The summed E-state index contributed by atoms with van der Waals surface area (Å²) >= 11 is 1.27. The highest BCUT2D eigenvalue weighted by Crippen LogP contribution is 2.36. The Bertz CT molecular complexity index is 1020. The van der Waals surface area contributed by atoms with Gasteiger partial charge in [0.1, 0.15) is 11.4 Å². The summed E-state index contributed by atoms with van der Waals surface area (Å²) in [6.45, 7) is 2.02. The van der Waals surface area contributed by atoms with Gasteiger partial charge in [0, 0.05) is 23.0 Å². The van der Waals surface area contributed by atoms with E-state index in [-0.39, 0.29) is 24.8 Å². The fourth-order valence-corrected chi connectivity index (χ4v) is 3.07. The SMILES string of the molecule is CCOC(=O)c1cc2cc3c(cc2nc1NC(=O)Nc1nccs1)OCO3. The molecule has 0 spiro atoms. The second-order valence-corrected chi connectivity index (χ2v) is 6.31. The van der Waals surface area contributed by atoms with Gasteiger partial charge in [0.25, 0.3) is 0 Å². The number of aromatic nitrogens is 2. The lowest BCUT2D eigenvalue weighted by Crippen LogP contribution is -2.22. The molecule has 0 saturated carbocycles. The molecule has 3 aromatic rings. The third-order valence-electron chi connectivity index (χ3n) is 3.69. The van der Waals surface area contributed by atoms with Crippen molar-refractivity contribution in [2.24, 2.45) is 0 Å². The minimum Gasteiger partial charge on any atom is -0.462 e. The Kier molecular flexibility index (Phi) is 4.47. The van der Waals surface area contributed by atoms with E-state index in [1.54, 1.807) is 36.7 Å². The molecular weight excluding hydrogens is 372 g/mol. The first-order valence-corrected chi connectivity index (χ1v) is 8.91. The van der Waals surface area contributed by atoms with Crippen LogP contribution in [0.4, 0.5) is 15.7 Å². The molecule has 2 aromatic heterocycles. The van der Waals surface area contributed by atoms with Gasteiger partial charge in [-0.3, -0.25) is 10.6 Å². The molecule has 138 valence electrons. The maximum atomic E-state index is 12.3. The third kappa shape index (κ3) is 3.47. The maximum absolute atomic E-state index is 12.3. The Morgan fingerprint density at radius 2 is 2.04 bits per heavy atom. The van der Waals surface area contributed by atoms with E-state index in [4.69, 9.17) is 14.2 Å². The summed E-state index contributed by atoms with van der Waals surface area (Å²) in [4.78, 5) is 33.0. The largest absolute Gasteiger partial charge is 0.462 e. The van der Waals surface area contributed by atoms with Crippen molar-refractivity contribution in [1.29, 1.82) is 0 Å². The van der Waals surface area contributed by atoms with Gasteiger partial charge < -0.3 is 14.2 Å². The first kappa shape index (κ1) is 17.0. The van der Waals surface area contributed by atoms with Crippen LogP contribution in [0.25, 0.3) is 10.9 Å². The number of rotatable bonds is 4. The Balaban J connectivity index is 1.71. The summed E-state index contributed by atoms with van der Waals surface area (Å²) in [7, 11) is 0. The summed E-state index contributed by atoms with van der Waals surface area (Å²) in [5.74, 6) is 0.612. The van der Waals surface area contributed by atoms with Gasteiger partial charge in [-0.25, -0.2) is 19.6 Å². The van der Waals surface area contributed by atoms with Crippen LogP contribution in [0.3, 0.4) is 0 Å². The van der Waals surface area contributed by atoms with Crippen LogP contribution in [0.2, 0.25) is 0 Å². The number of carbonyl (C=O) groups excluding carboxylic acids is 2. The predicted molar refractivity (Wildman–Crippen MR) is 98.6 cm³/mol. The number of hydrogen-bond acceptors (Lipinski definition) is 8. The Labute approximate surface area is 157 Å². The van der Waals surface area contributed by atoms with Crippen molar-refractivity contribution in [2.75, 3.05) is 24.0 Å². The Morgan fingerprint density at radius 1 is 1.22 bits per heavy atom. The number of hydrogen-bond donors (Lipinski definition) is 2. The number of pyridine rings is 1. The van der Waals surface area contributed by atoms with E-state index in [0.717, 1.165) is 0 Å². The number of nitrogens with one attached hydrogen (secondary N) is 2. The second-order valence-electron chi connectivity index (χ2n) is 5.42. The molecule has 0 aliphatic carbocycles. The summed E-state index contributed by atoms with van der Waals surface area (Å²) in [5, 5.41) is 7.98. The second kappa shape index (κ2) is 7.08. The van der Waals surface area contributed by atoms with Crippen molar-refractivity contribution in [3.05, 3.63) is 35.3 Å². The molecule has 0 radical (unpaired) electrons. The van der Waals surface area contributed by atoms with E-state index in [9.17, 15) is 9.59 Å². The summed E-state index contributed by atoms with van der Waals surface area (Å²) in [6, 6.07) is 4.45. The molecule has 27 heavy (non-hydrogen) atoms. The molecule has 1 aromatic carbocycles. The van der Waals surface area contributed by atoms with Gasteiger partial charge in [0.05, 0.1) is 12.1 Å². The average Bonchev–Trinajstić information content (AvgIpc) is 3.30. The Morgan fingerprint density at radius 3 is 2.78 bits per heavy atom. The monoisotopic (exact) mass is 386 g/mol. The quantitative estimate of drug-likeness (QED) is 0.662. The zero-order valence-corrected chi connectivity index (χ0v) is 15.0. The van der Waals surface area contributed by atoms with Crippen LogP contribution in [0.1, 0.15) is 17.3 Å². The van der Waals surface area contributed by atoms with Gasteiger partial charge in [0.15, 0.2) is 16.6 Å². The zero-order valence-electron chi connectivity index (χ0n) is 14.1. The molecule has 4 rings (SSSR count). The van der Waals surface area contributed by atoms with Crippen molar-refractivity contribution >= 4 is 45.2 Å². The molecule has 0 saturated heterocycles. The summed E-state index contributed by atoms with van der Waals surface area (Å²) in [5.41, 5.74) is 0.675. The first-order chi connectivity index (χ1) is 13.1. The smallest absolute Gasteiger partial charge is 0.341 e. The van der Waals surface area contributed by atoms with E-state index in [1.807, 2.05) is 0 Å². The molecule has 3 heterocycles. The fraction of sp³-hybridized carbons (Fsp3) is 0.176. The van der Waals surface area contributed by atoms with E-state index >= 15 is 0 Å². The molecule has 0 bridgehead atoms. The minimum atomic E-state index is -0.589. The highest BCUT2D eigenvalue weighted by atomic mass is 32.1. The number of thiazole rings is 1. The number of esters is 1. The molecular formula is C17H14N4O5S. The normalized spacial score (nSPS) is 12.0. The van der Waals surface area contributed by atoms with Crippen molar-refractivity contribution in [2.45, 2.75) is 6.92 Å². The first-order valence-electron chi connectivity index (χ1n) is 8.03. The lowest BCUT2D eigenvalue weighted by Gasteiger charge is -2.11. The number of ether oxygens (including phenoxy) is 3. The molecule has 1 aliphatic heterocycles. The third-order valence-corrected chi connectivity index (χ3v) is 4.38. The molecule has 1 aliphatic rings. The van der Waals surface area contributed by atoms with Crippen LogP contribution in [0.5, 0.6) is 11.5 Å². The Hall–Kier alpha value is -3.40. The van der Waals surface area contributed by atoms with Crippen LogP contribution in [-0.4, -0.2) is 35.4 Å². The number of fused-ring (bicyclic) bond motifs is 2. The van der Waals surface area contributed by atoms with Crippen LogP contribution in [0, 0.1) is 0 Å². The zero-order chi connectivity index (χ0) is 18.8. The molecule has 10 heteroatoms. The van der Waals surface area contributed by atoms with Gasteiger partial charge in [-0.1, -0.05) is 0 Å². The van der Waals surface area contributed by atoms with E-state index in [1.165, 1.54) is 11.3 Å². The van der Waals surface area contributed by atoms with Gasteiger partial charge in [0.2, 0.25) is 6.79 Å². The highest BCUT2D eigenvalue weighted by molar-refractivity contribution is 7.13. The van der Waals surface area contributed by atoms with Crippen molar-refractivity contribution < 1.29 is 23.8 Å². The lowest BCUT2D eigenvalue weighted by molar-refractivity contribution is 0.0527. The predicted octanol–water partition coefficient (Wildman–Crippen LogP) is 3.24. The van der Waals surface area contributed by atoms with Crippen molar-refractivity contribution in [1.82, 2.24) is 9.97 Å². The summed E-state index contributed by atoms with van der Waals surface area (Å²) in [6.07, 6.45) is 1.57. The summed E-state index contributed by atoms with van der Waals surface area (Å²) < 4.78 is 15.8. The van der Waals surface area contributed by atoms with Crippen LogP contribution in [0.15, 0.2) is 29.8 Å². The molecule has 2 N–H and O–H groups in total. The van der Waals surface area contributed by atoms with Crippen LogP contribution in [-0.2, 0) is 4.74 Å². The number of carbonyl (C=O) groups is 2. The van der Waals surface area contributed by atoms with Crippen LogP contribution >= 0.6 is 11.3 Å². The van der Waals surface area contributed by atoms with E-state index in [0.29, 0.717) is 27.5 Å². The number of nitrogens with zero attached hydrogens (tertiary/aromatic N) is 2. The van der Waals surface area contributed by atoms with Crippen molar-refractivity contribution in [3.8, 4) is 11.5 Å². The number of anilines is 2. The highest BCUT2D eigenvalue weighted by Gasteiger charge is 2.21. The van der Waals surface area contributed by atoms with E-state index < -0.39 is 12.0 Å². The fourth-order valence-electron chi connectivity index (χ4n) is 2.54. The molecule has 0 atom stereocenters.